The van der Waals surface area contributed by atoms with Gasteiger partial charge in [-0.05, 0) is 147 Å². The van der Waals surface area contributed by atoms with E-state index in [4.69, 9.17) is 38.5 Å². The van der Waals surface area contributed by atoms with Gasteiger partial charge < -0.3 is 74.4 Å². The molecule has 5 unspecified atom stereocenters. The van der Waals surface area contributed by atoms with Crippen LogP contribution in [-0.2, 0) is 62.4 Å². The molecule has 0 radical (unpaired) electrons. The molecule has 3 aliphatic heterocycles. The van der Waals surface area contributed by atoms with Crippen LogP contribution in [0.4, 0.5) is 21.4 Å². The number of carboxylic acid groups (broad SMARTS) is 2. The maximum Gasteiger partial charge on any atom is 0.410 e. The molecule has 5 fully saturated rings. The molecule has 3 aromatic carbocycles. The van der Waals surface area contributed by atoms with Crippen molar-refractivity contribution in [2.24, 2.45) is 22.7 Å². The number of aliphatic hydroxyl groups is 3. The number of pyridine rings is 1. The quantitative estimate of drug-likeness (QED) is 0.0148. The number of amides is 6. The Morgan fingerprint density at radius 1 is 0.830 bits per heavy atom. The minimum atomic E-state index is -1.98. The van der Waals surface area contributed by atoms with Crippen molar-refractivity contribution < 1.29 is 92.3 Å². The smallest absolute Gasteiger partial charge is 0.410 e. The molecule has 564 valence electrons. The van der Waals surface area contributed by atoms with Crippen LogP contribution < -0.4 is 30.3 Å². The van der Waals surface area contributed by atoms with Crippen molar-refractivity contribution >= 4 is 91.8 Å². The number of aromatic carboxylic acids is 1. The Kier molecular flexibility index (Phi) is 23.4. The van der Waals surface area contributed by atoms with E-state index >= 15 is 0 Å². The Morgan fingerprint density at radius 3 is 2.36 bits per heavy atom. The summed E-state index contributed by atoms with van der Waals surface area (Å²) in [6.07, 6.45) is 4.57. The number of benzene rings is 3. The average Bonchev–Trinajstić information content (AvgIpc) is 0.738. The van der Waals surface area contributed by atoms with Crippen molar-refractivity contribution in [3.63, 3.8) is 0 Å². The number of aromatic nitrogens is 4. The van der Waals surface area contributed by atoms with Gasteiger partial charge >= 0.3 is 18.0 Å². The zero-order valence-electron chi connectivity index (χ0n) is 59.8. The fourth-order valence-electron chi connectivity index (χ4n) is 17.1. The minimum Gasteiger partial charge on any atom is -0.496 e. The van der Waals surface area contributed by atoms with Gasteiger partial charge in [0.25, 0.3) is 17.7 Å². The predicted molar refractivity (Wildman–Crippen MR) is 388 cm³/mol. The van der Waals surface area contributed by atoms with Crippen LogP contribution in [0.2, 0.25) is 0 Å². The van der Waals surface area contributed by atoms with Crippen molar-refractivity contribution in [3.8, 4) is 22.6 Å². The van der Waals surface area contributed by atoms with Crippen molar-refractivity contribution in [2.45, 2.75) is 147 Å². The summed E-state index contributed by atoms with van der Waals surface area (Å²) in [6, 6.07) is 19.3. The van der Waals surface area contributed by atoms with E-state index in [-0.39, 0.29) is 117 Å². The summed E-state index contributed by atoms with van der Waals surface area (Å²) in [5.74, 6) is -2.93. The molecule has 30 heteroatoms. The summed E-state index contributed by atoms with van der Waals surface area (Å²) >= 11 is 1.39. The molecule has 7 aliphatic rings. The van der Waals surface area contributed by atoms with Gasteiger partial charge in [0.2, 0.25) is 18.1 Å². The van der Waals surface area contributed by atoms with E-state index < -0.39 is 60.2 Å². The first-order valence-corrected chi connectivity index (χ1v) is 36.6. The Labute approximate surface area is 615 Å². The summed E-state index contributed by atoms with van der Waals surface area (Å²) in [4.78, 5) is 117. The number of nitrogens with one attached hydrogen (secondary N) is 3. The van der Waals surface area contributed by atoms with Gasteiger partial charge in [0.1, 0.15) is 42.2 Å². The molecular formula is C76H90N10O19S. The van der Waals surface area contributed by atoms with Crippen LogP contribution in [0.5, 0.6) is 11.5 Å². The summed E-state index contributed by atoms with van der Waals surface area (Å²) < 4.78 is 38.2. The zero-order chi connectivity index (χ0) is 75.2. The first kappa shape index (κ1) is 76.0. The lowest BCUT2D eigenvalue weighted by Crippen LogP contribution is -2.65. The molecule has 4 saturated carbocycles. The first-order chi connectivity index (χ1) is 50.9. The number of para-hydroxylation sites is 1. The van der Waals surface area contributed by atoms with E-state index in [0.29, 0.717) is 89.6 Å². The monoisotopic (exact) mass is 1480 g/mol. The van der Waals surface area contributed by atoms with Crippen molar-refractivity contribution in [2.75, 3.05) is 82.3 Å². The van der Waals surface area contributed by atoms with Crippen LogP contribution >= 0.6 is 11.3 Å². The Balaban J connectivity index is 0.676. The fourth-order valence-corrected chi connectivity index (χ4v) is 17.9. The molecule has 0 spiro atoms. The Morgan fingerprint density at radius 2 is 1.61 bits per heavy atom. The Hall–Kier alpha value is -9.69. The number of ether oxygens (including phenoxy) is 6. The summed E-state index contributed by atoms with van der Waals surface area (Å²) in [5.41, 5.74) is 4.42. The number of nitrogens with zero attached hydrogens (tertiary/aromatic N) is 7. The van der Waals surface area contributed by atoms with Gasteiger partial charge in [0.05, 0.1) is 48.0 Å². The van der Waals surface area contributed by atoms with Crippen molar-refractivity contribution in [1.29, 1.82) is 0 Å². The van der Waals surface area contributed by atoms with Crippen LogP contribution in [0.15, 0.2) is 91.2 Å². The van der Waals surface area contributed by atoms with E-state index in [0.717, 1.165) is 70.5 Å². The molecule has 4 aliphatic carbocycles. The molecule has 1 saturated heterocycles. The lowest BCUT2D eigenvalue weighted by Gasteiger charge is -2.68. The third kappa shape index (κ3) is 16.6. The number of aliphatic hydroxyl groups excluding tert-OH is 3. The molecule has 13 rings (SSSR count). The molecule has 6 amide bonds. The van der Waals surface area contributed by atoms with E-state index in [1.165, 1.54) is 47.6 Å². The van der Waals surface area contributed by atoms with Gasteiger partial charge in [0.15, 0.2) is 16.9 Å². The zero-order valence-corrected chi connectivity index (χ0v) is 60.6. The van der Waals surface area contributed by atoms with Crippen LogP contribution in [-0.4, -0.2) is 206 Å². The fraction of sp³-hybridized carbons (Fsp3) is 0.487. The number of unbranched alkanes of at least 4 members (excludes halogenated alkanes) is 2. The second-order valence-corrected chi connectivity index (χ2v) is 29.7. The van der Waals surface area contributed by atoms with Gasteiger partial charge in [0, 0.05) is 106 Å². The lowest BCUT2D eigenvalue weighted by molar-refractivity contribution is -0.271. The standard InChI is InChI=1S/C76H90N10O19S/c1-6-52-46-36-75(43-86-44(2)50(38-78-86)48-19-22-58(81-63(48)69(95)96)84-29-26-47-51(39-84)49(18-21-55(47)101-5)68(94)82-72-80-53-14-9-10-15-57(53)106-72)40-74(52,3)41-76(37-46,42-75)103-34-31-83(30-33-100-4)73(99)102-32-12-13-45-17-20-56(104-71-66(93)64(91)65(92)67(105-71)70(97)98)54(35-45)79-60(88)25-27-77-59(87)16-8-7-11-28-85-61(89)23-24-62(85)90/h9-10,12-15,17-24,35,38,46,52,64-67,71,91-93H,6-8,11,16,25-34,36-37,39-43H2,1-5H3,(H,77,87)(H,79,88)(H,95,96)(H,97,98)(H,80,82,94)/b13-12+/t46?,52?,64-,65-,66+,67-,71+,74?,75?,76?/m0/s1. The van der Waals surface area contributed by atoms with E-state index in [9.17, 15) is 63.9 Å². The maximum atomic E-state index is 14.0. The summed E-state index contributed by atoms with van der Waals surface area (Å²) in [7, 11) is 3.14. The van der Waals surface area contributed by atoms with E-state index in [1.807, 2.05) is 46.8 Å². The van der Waals surface area contributed by atoms with Gasteiger partial charge in [-0.25, -0.2) is 24.4 Å². The highest BCUT2D eigenvalue weighted by atomic mass is 32.1. The molecular weight excluding hydrogens is 1390 g/mol. The number of thiazole rings is 1. The van der Waals surface area contributed by atoms with Crippen molar-refractivity contribution in [1.82, 2.24) is 34.9 Å². The molecule has 6 aromatic rings. The number of aliphatic carboxylic acids is 1. The third-order valence-corrected chi connectivity index (χ3v) is 22.4. The second kappa shape index (κ2) is 32.6. The summed E-state index contributed by atoms with van der Waals surface area (Å²) in [5, 5.41) is 65.9. The van der Waals surface area contributed by atoms with Gasteiger partial charge in [-0.15, -0.1) is 0 Å². The topological polar surface area (TPSA) is 382 Å². The third-order valence-electron chi connectivity index (χ3n) is 21.5. The highest BCUT2D eigenvalue weighted by Gasteiger charge is 2.66. The number of imide groups is 1. The maximum absolute atomic E-state index is 14.0. The Bertz CT molecular complexity index is 4340. The number of carbonyl (C=O) groups excluding carboxylic acids is 6. The van der Waals surface area contributed by atoms with E-state index in [1.54, 1.807) is 49.7 Å². The normalized spacial score (nSPS) is 24.4. The molecule has 10 atom stereocenters. The number of fused-ring (bicyclic) bond motifs is 2. The van der Waals surface area contributed by atoms with Gasteiger partial charge in [-0.2, -0.15) is 5.10 Å². The largest absolute Gasteiger partial charge is 0.496 e. The van der Waals surface area contributed by atoms with Gasteiger partial charge in [-0.1, -0.05) is 62.3 Å². The van der Waals surface area contributed by atoms with Crippen LogP contribution in [0, 0.1) is 29.6 Å². The number of carboxylic acids is 2. The first-order valence-electron chi connectivity index (χ1n) is 35.8. The summed E-state index contributed by atoms with van der Waals surface area (Å²) in [6.45, 7) is 8.83. The predicted octanol–water partition coefficient (Wildman–Crippen LogP) is 7.77. The highest BCUT2D eigenvalue weighted by molar-refractivity contribution is 7.22. The SMILES string of the molecule is CCC1C2CC3(Cn4ncc(-c5ccc(N6CCc7c(OC)ccc(C(=O)Nc8nc9ccccc9s8)c7C6)nc5C(=O)O)c4C)CC(OCCN(CCOC)C(=O)OC/C=C/c4ccc(O[C@@H]5O[C@H](C(=O)O)[C@@H](O)[C@H](O)[C@H]5O)c(NC(=O)CCNC(=O)CCCCCN5C(=O)C=CC5=O)c4)(C2)CC1(C)C3. The molecule has 6 heterocycles. The molecule has 106 heavy (non-hydrogen) atoms. The number of carbonyl (C=O) groups is 8. The van der Waals surface area contributed by atoms with Crippen LogP contribution in [0.1, 0.15) is 128 Å². The van der Waals surface area contributed by atoms with Crippen molar-refractivity contribution in [3.05, 3.63) is 125 Å². The number of anilines is 3. The van der Waals surface area contributed by atoms with E-state index in [2.05, 4.69) is 34.8 Å². The number of methoxy groups -OCH3 is 2. The molecule has 3 aromatic heterocycles. The van der Waals surface area contributed by atoms with Gasteiger partial charge in [-0.3, -0.25) is 38.9 Å². The molecule has 8 N–H and O–H groups in total. The molecule has 29 nitrogen and oxygen atoms in total. The second-order valence-electron chi connectivity index (χ2n) is 28.6. The number of rotatable bonds is 32. The highest BCUT2D eigenvalue weighted by Crippen LogP contribution is 2.70. The lowest BCUT2D eigenvalue weighted by atomic mass is 9.39. The van der Waals surface area contributed by atoms with Crippen LogP contribution in [0.3, 0.4) is 0 Å². The van der Waals surface area contributed by atoms with Crippen LogP contribution in [0.25, 0.3) is 27.4 Å². The number of hydrogen-bond acceptors (Lipinski definition) is 22. The number of hydrogen-bond donors (Lipinski definition) is 8. The molecule has 4 bridgehead atoms. The average molecular weight is 1480 g/mol. The minimum absolute atomic E-state index is 0.0164.